The molecule has 3 rings (SSSR count). The van der Waals surface area contributed by atoms with Gasteiger partial charge in [0.15, 0.2) is 0 Å². The van der Waals surface area contributed by atoms with Gasteiger partial charge in [0, 0.05) is 32.3 Å². The Kier molecular flexibility index (Phi) is 6.15. The molecule has 0 radical (unpaired) electrons. The molecule has 0 bridgehead atoms. The number of ether oxygens (including phenoxy) is 2. The van der Waals surface area contributed by atoms with Gasteiger partial charge in [-0.15, -0.1) is 0 Å². The number of benzene rings is 1. The van der Waals surface area contributed by atoms with Crippen LogP contribution in [0.15, 0.2) is 18.2 Å². The van der Waals surface area contributed by atoms with Crippen molar-refractivity contribution in [3.63, 3.8) is 0 Å². The Morgan fingerprint density at radius 3 is 2.80 bits per heavy atom. The van der Waals surface area contributed by atoms with Crippen molar-refractivity contribution in [2.24, 2.45) is 0 Å². The molecule has 2 N–H and O–H groups in total. The van der Waals surface area contributed by atoms with Gasteiger partial charge in [-0.05, 0) is 50.3 Å². The lowest BCUT2D eigenvalue weighted by atomic mass is 10.0. The lowest BCUT2D eigenvalue weighted by molar-refractivity contribution is 0.0633. The van der Waals surface area contributed by atoms with Gasteiger partial charge >= 0.3 is 6.03 Å². The van der Waals surface area contributed by atoms with Crippen LogP contribution in [0, 0.1) is 6.92 Å². The average molecular weight is 347 g/mol. The molecular formula is C19H29N3O3. The molecule has 2 heterocycles. The predicted octanol–water partition coefficient (Wildman–Crippen LogP) is 2.77. The zero-order valence-corrected chi connectivity index (χ0v) is 15.2. The van der Waals surface area contributed by atoms with Crippen LogP contribution in [-0.2, 0) is 4.74 Å². The summed E-state index contributed by atoms with van der Waals surface area (Å²) < 4.78 is 11.0. The molecule has 2 fully saturated rings. The summed E-state index contributed by atoms with van der Waals surface area (Å²) in [5.41, 5.74) is 1.79. The second kappa shape index (κ2) is 8.54. The van der Waals surface area contributed by atoms with Gasteiger partial charge < -0.3 is 25.0 Å². The maximum absolute atomic E-state index is 12.3. The molecule has 0 unspecified atom stereocenters. The van der Waals surface area contributed by atoms with E-state index in [0.29, 0.717) is 17.5 Å². The first-order valence-corrected chi connectivity index (χ1v) is 9.20. The third-order valence-corrected chi connectivity index (χ3v) is 5.01. The number of hydrogen-bond donors (Lipinski definition) is 2. The summed E-state index contributed by atoms with van der Waals surface area (Å²) in [6.45, 7) is 5.95. The van der Waals surface area contributed by atoms with Crippen LogP contribution in [0.2, 0.25) is 0 Å². The first-order valence-electron chi connectivity index (χ1n) is 9.20. The fraction of sp³-hybridized carbons (Fsp3) is 0.632. The number of piperidine rings is 1. The molecule has 2 amide bonds. The number of hydrogen-bond acceptors (Lipinski definition) is 4. The van der Waals surface area contributed by atoms with Crippen molar-refractivity contribution in [2.75, 3.05) is 38.7 Å². The molecule has 2 aliphatic rings. The molecule has 25 heavy (non-hydrogen) atoms. The van der Waals surface area contributed by atoms with Crippen molar-refractivity contribution in [2.45, 2.75) is 44.8 Å². The molecule has 6 heteroatoms. The summed E-state index contributed by atoms with van der Waals surface area (Å²) in [4.78, 5) is 14.8. The van der Waals surface area contributed by atoms with E-state index in [9.17, 15) is 4.79 Å². The number of methoxy groups -OCH3 is 1. The highest BCUT2D eigenvalue weighted by atomic mass is 16.5. The number of carbonyl (C=O) groups excluding carboxylic acids is 1. The molecule has 138 valence electrons. The average Bonchev–Trinajstić information content (AvgIpc) is 3.10. The number of likely N-dealkylation sites (tertiary alicyclic amines) is 1. The SMILES string of the molecule is COc1ccc(C)cc1NC(=O)NC1CCN(C[C@H]2CCCO2)CC1. The number of rotatable bonds is 5. The van der Waals surface area contributed by atoms with Crippen LogP contribution >= 0.6 is 0 Å². The number of aryl methyl sites for hydroxylation is 1. The fourth-order valence-electron chi connectivity index (χ4n) is 3.60. The van der Waals surface area contributed by atoms with E-state index in [1.54, 1.807) is 7.11 Å². The minimum Gasteiger partial charge on any atom is -0.495 e. The minimum atomic E-state index is -0.165. The number of urea groups is 1. The first-order chi connectivity index (χ1) is 12.1. The second-order valence-electron chi connectivity index (χ2n) is 7.01. The summed E-state index contributed by atoms with van der Waals surface area (Å²) >= 11 is 0. The molecule has 2 saturated heterocycles. The molecule has 0 spiro atoms. The monoisotopic (exact) mass is 347 g/mol. The number of amides is 2. The van der Waals surface area contributed by atoms with Crippen molar-refractivity contribution in [1.82, 2.24) is 10.2 Å². The topological polar surface area (TPSA) is 62.8 Å². The maximum Gasteiger partial charge on any atom is 0.319 e. The molecule has 0 aliphatic carbocycles. The van der Waals surface area contributed by atoms with E-state index >= 15 is 0 Å². The van der Waals surface area contributed by atoms with Gasteiger partial charge in [-0.25, -0.2) is 4.79 Å². The largest absolute Gasteiger partial charge is 0.495 e. The maximum atomic E-state index is 12.3. The highest BCUT2D eigenvalue weighted by molar-refractivity contribution is 5.91. The highest BCUT2D eigenvalue weighted by Crippen LogP contribution is 2.25. The van der Waals surface area contributed by atoms with E-state index < -0.39 is 0 Å². The summed E-state index contributed by atoms with van der Waals surface area (Å²) in [7, 11) is 1.61. The Balaban J connectivity index is 1.44. The van der Waals surface area contributed by atoms with Crippen LogP contribution in [0.25, 0.3) is 0 Å². The van der Waals surface area contributed by atoms with E-state index in [4.69, 9.17) is 9.47 Å². The van der Waals surface area contributed by atoms with Crippen LogP contribution in [0.1, 0.15) is 31.2 Å². The van der Waals surface area contributed by atoms with Crippen molar-refractivity contribution < 1.29 is 14.3 Å². The smallest absolute Gasteiger partial charge is 0.319 e. The van der Waals surface area contributed by atoms with Crippen LogP contribution in [-0.4, -0.2) is 56.4 Å². The van der Waals surface area contributed by atoms with Crippen LogP contribution in [0.5, 0.6) is 5.75 Å². The Hall–Kier alpha value is -1.79. The van der Waals surface area contributed by atoms with Gasteiger partial charge in [0.2, 0.25) is 0 Å². The third-order valence-electron chi connectivity index (χ3n) is 5.01. The molecule has 1 aromatic rings. The highest BCUT2D eigenvalue weighted by Gasteiger charge is 2.24. The van der Waals surface area contributed by atoms with Gasteiger partial charge in [-0.3, -0.25) is 0 Å². The normalized spacial score (nSPS) is 21.9. The number of carbonyl (C=O) groups is 1. The van der Waals surface area contributed by atoms with E-state index in [0.717, 1.165) is 44.6 Å². The van der Waals surface area contributed by atoms with E-state index in [1.165, 1.54) is 12.8 Å². The number of nitrogens with one attached hydrogen (secondary N) is 2. The number of anilines is 1. The standard InChI is InChI=1S/C19H29N3O3/c1-14-5-6-18(24-2)17(12-14)21-19(23)20-15-7-9-22(10-8-15)13-16-4-3-11-25-16/h5-6,12,15-16H,3-4,7-11,13H2,1-2H3,(H2,20,21,23)/t16-/m1/s1. The lowest BCUT2D eigenvalue weighted by Crippen LogP contribution is -2.47. The van der Waals surface area contributed by atoms with Crippen LogP contribution in [0.4, 0.5) is 10.5 Å². The third kappa shape index (κ3) is 5.09. The molecule has 0 aromatic heterocycles. The van der Waals surface area contributed by atoms with Crippen molar-refractivity contribution in [1.29, 1.82) is 0 Å². The Morgan fingerprint density at radius 1 is 1.32 bits per heavy atom. The fourth-order valence-corrected chi connectivity index (χ4v) is 3.60. The van der Waals surface area contributed by atoms with E-state index in [-0.39, 0.29) is 12.1 Å². The summed E-state index contributed by atoms with van der Waals surface area (Å²) in [5.74, 6) is 0.673. The Labute approximate surface area is 149 Å². The summed E-state index contributed by atoms with van der Waals surface area (Å²) in [6.07, 6.45) is 4.72. The predicted molar refractivity (Wildman–Crippen MR) is 98.3 cm³/mol. The molecule has 1 atom stereocenters. The minimum absolute atomic E-state index is 0.165. The Bertz CT molecular complexity index is 579. The summed E-state index contributed by atoms with van der Waals surface area (Å²) in [5, 5.41) is 6.00. The molecule has 1 aromatic carbocycles. The van der Waals surface area contributed by atoms with Crippen molar-refractivity contribution in [3.8, 4) is 5.75 Å². The van der Waals surface area contributed by atoms with Gasteiger partial charge in [0.05, 0.1) is 18.9 Å². The van der Waals surface area contributed by atoms with Gasteiger partial charge in [-0.2, -0.15) is 0 Å². The van der Waals surface area contributed by atoms with Gasteiger partial charge in [-0.1, -0.05) is 6.07 Å². The molecule has 6 nitrogen and oxygen atoms in total. The quantitative estimate of drug-likeness (QED) is 0.860. The first kappa shape index (κ1) is 18.0. The molecule has 2 aliphatic heterocycles. The number of nitrogens with zero attached hydrogens (tertiary/aromatic N) is 1. The van der Waals surface area contributed by atoms with Crippen molar-refractivity contribution in [3.05, 3.63) is 23.8 Å². The van der Waals surface area contributed by atoms with E-state index in [2.05, 4.69) is 15.5 Å². The van der Waals surface area contributed by atoms with Gasteiger partial charge in [0.25, 0.3) is 0 Å². The van der Waals surface area contributed by atoms with Crippen LogP contribution in [0.3, 0.4) is 0 Å². The zero-order valence-electron chi connectivity index (χ0n) is 15.2. The molecular weight excluding hydrogens is 318 g/mol. The Morgan fingerprint density at radius 2 is 2.12 bits per heavy atom. The van der Waals surface area contributed by atoms with E-state index in [1.807, 2.05) is 25.1 Å². The van der Waals surface area contributed by atoms with Crippen molar-refractivity contribution >= 4 is 11.7 Å². The van der Waals surface area contributed by atoms with Gasteiger partial charge in [0.1, 0.15) is 5.75 Å². The second-order valence-corrected chi connectivity index (χ2v) is 7.01. The summed E-state index contributed by atoms with van der Waals surface area (Å²) in [6, 6.07) is 5.81. The molecule has 0 saturated carbocycles. The zero-order chi connectivity index (χ0) is 17.6. The van der Waals surface area contributed by atoms with Crippen LogP contribution < -0.4 is 15.4 Å². The lowest BCUT2D eigenvalue weighted by Gasteiger charge is -2.33.